The normalized spacial score (nSPS) is 10.4. The van der Waals surface area contributed by atoms with Crippen LogP contribution < -0.4 is 0 Å². The molecule has 0 amide bonds. The first-order chi connectivity index (χ1) is 4.86. The van der Waals surface area contributed by atoms with Gasteiger partial charge in [-0.1, -0.05) is 0 Å². The van der Waals surface area contributed by atoms with E-state index in [1.54, 1.807) is 4.52 Å². The predicted octanol–water partition coefficient (Wildman–Crippen LogP) is 0.182. The molecule has 0 radical (unpaired) electrons. The summed E-state index contributed by atoms with van der Waals surface area (Å²) >= 11 is 4.72. The summed E-state index contributed by atoms with van der Waals surface area (Å²) in [5.74, 6) is 0.542. The third-order valence-electron chi connectivity index (χ3n) is 1.07. The van der Waals surface area contributed by atoms with Crippen molar-refractivity contribution in [1.82, 2.24) is 24.6 Å². The van der Waals surface area contributed by atoms with Crippen LogP contribution in [-0.4, -0.2) is 24.6 Å². The second-order valence-electron chi connectivity index (χ2n) is 1.70. The zero-order chi connectivity index (χ0) is 6.97. The van der Waals surface area contributed by atoms with Crippen LogP contribution in [0, 0.1) is 4.77 Å². The van der Waals surface area contributed by atoms with Gasteiger partial charge in [0.2, 0.25) is 4.77 Å². The highest BCUT2D eigenvalue weighted by molar-refractivity contribution is 7.71. The van der Waals surface area contributed by atoms with E-state index >= 15 is 0 Å². The Labute approximate surface area is 60.8 Å². The number of hydrogen-bond donors (Lipinski definition) is 1. The average molecular weight is 153 g/mol. The van der Waals surface area contributed by atoms with Crippen molar-refractivity contribution in [3.63, 3.8) is 0 Å². The summed E-state index contributed by atoms with van der Waals surface area (Å²) < 4.78 is 1.89. The molecule has 2 rings (SSSR count). The maximum Gasteiger partial charge on any atom is 0.254 e. The van der Waals surface area contributed by atoms with Gasteiger partial charge in [0.05, 0.1) is 0 Å². The van der Waals surface area contributed by atoms with Crippen molar-refractivity contribution in [2.24, 2.45) is 0 Å². The lowest BCUT2D eigenvalue weighted by atomic mass is 11.0. The minimum atomic E-state index is 0.312. The van der Waals surface area contributed by atoms with E-state index in [4.69, 9.17) is 12.2 Å². The molecule has 10 heavy (non-hydrogen) atoms. The van der Waals surface area contributed by atoms with Crippen LogP contribution in [0.2, 0.25) is 0 Å². The molecule has 0 saturated heterocycles. The molecule has 0 bridgehead atoms. The zero-order valence-corrected chi connectivity index (χ0v) is 5.67. The topological polar surface area (TPSA) is 58.9 Å². The summed E-state index contributed by atoms with van der Waals surface area (Å²) in [7, 11) is 0. The average Bonchev–Trinajstić information content (AvgIpc) is 2.33. The molecule has 0 aliphatic carbocycles. The minimum Gasteiger partial charge on any atom is -0.279 e. The van der Waals surface area contributed by atoms with Gasteiger partial charge in [0.15, 0.2) is 0 Å². The highest BCUT2D eigenvalue weighted by Gasteiger charge is 1.91. The highest BCUT2D eigenvalue weighted by Crippen LogP contribution is 1.87. The van der Waals surface area contributed by atoms with Crippen molar-refractivity contribution < 1.29 is 0 Å². The summed E-state index contributed by atoms with van der Waals surface area (Å²) in [6, 6.07) is 0. The number of nitrogens with zero attached hydrogens (tertiary/aromatic N) is 4. The number of rotatable bonds is 0. The van der Waals surface area contributed by atoms with Crippen LogP contribution in [0.3, 0.4) is 0 Å². The maximum atomic E-state index is 4.72. The van der Waals surface area contributed by atoms with Gasteiger partial charge in [-0.05, 0) is 12.2 Å². The fraction of sp³-hybridized carbons (Fsp3) is 0. The third kappa shape index (κ3) is 0.695. The number of fused-ring (bicyclic) bond motifs is 1. The first kappa shape index (κ1) is 5.48. The van der Waals surface area contributed by atoms with Crippen LogP contribution in [0.1, 0.15) is 0 Å². The molecule has 2 aromatic rings. The van der Waals surface area contributed by atoms with E-state index in [-0.39, 0.29) is 0 Å². The Hall–Kier alpha value is -1.30. The Morgan fingerprint density at radius 2 is 2.40 bits per heavy atom. The number of aromatic amines is 1. The lowest BCUT2D eigenvalue weighted by Gasteiger charge is -1.85. The Kier molecular flexibility index (Phi) is 1.01. The molecule has 2 aromatic heterocycles. The smallest absolute Gasteiger partial charge is 0.254 e. The summed E-state index contributed by atoms with van der Waals surface area (Å²) in [6.45, 7) is 0. The number of nitrogens with one attached hydrogen (secondary N) is 1. The Morgan fingerprint density at radius 3 is 3.30 bits per heavy atom. The highest BCUT2D eigenvalue weighted by atomic mass is 32.1. The Morgan fingerprint density at radius 1 is 1.50 bits per heavy atom. The summed E-state index contributed by atoms with van der Waals surface area (Å²) in [6.07, 6.45) is 3.07. The number of aromatic nitrogens is 5. The molecule has 0 spiro atoms. The van der Waals surface area contributed by atoms with Crippen LogP contribution in [-0.2, 0) is 0 Å². The van der Waals surface area contributed by atoms with E-state index in [0.717, 1.165) is 0 Å². The van der Waals surface area contributed by atoms with Gasteiger partial charge in [-0.25, -0.2) is 14.5 Å². The predicted molar refractivity (Wildman–Crippen MR) is 36.0 cm³/mol. The molecule has 0 atom stereocenters. The van der Waals surface area contributed by atoms with E-state index < -0.39 is 0 Å². The molecule has 0 saturated carbocycles. The first-order valence-corrected chi connectivity index (χ1v) is 3.02. The number of H-pyrrole nitrogens is 1. The molecule has 0 aromatic carbocycles. The van der Waals surface area contributed by atoms with Gasteiger partial charge in [-0.15, -0.1) is 0 Å². The van der Waals surface area contributed by atoms with Gasteiger partial charge in [0.25, 0.3) is 5.78 Å². The minimum absolute atomic E-state index is 0.312. The van der Waals surface area contributed by atoms with E-state index in [1.165, 1.54) is 12.7 Å². The van der Waals surface area contributed by atoms with Gasteiger partial charge in [0.1, 0.15) is 12.7 Å². The van der Waals surface area contributed by atoms with Crippen LogP contribution in [0.5, 0.6) is 0 Å². The summed E-state index contributed by atoms with van der Waals surface area (Å²) in [5.41, 5.74) is 0. The summed E-state index contributed by atoms with van der Waals surface area (Å²) in [5, 5.41) is 2.78. The van der Waals surface area contributed by atoms with Crippen LogP contribution in [0.4, 0.5) is 0 Å². The fourth-order valence-corrected chi connectivity index (χ4v) is 0.787. The Bertz CT molecular complexity index is 401. The van der Waals surface area contributed by atoms with Crippen molar-refractivity contribution >= 4 is 18.0 Å². The molecule has 6 heteroatoms. The lowest BCUT2D eigenvalue weighted by Crippen LogP contribution is -1.92. The summed E-state index contributed by atoms with van der Waals surface area (Å²) in [4.78, 5) is 11.5. The van der Waals surface area contributed by atoms with E-state index in [2.05, 4.69) is 20.1 Å². The second kappa shape index (κ2) is 1.84. The quantitative estimate of drug-likeness (QED) is 0.548. The van der Waals surface area contributed by atoms with Crippen molar-refractivity contribution in [2.45, 2.75) is 0 Å². The molecule has 2 heterocycles. The van der Waals surface area contributed by atoms with Crippen LogP contribution in [0.15, 0.2) is 12.7 Å². The molecule has 0 unspecified atom stereocenters. The standard InChI is InChI=1S/C4H3N5S/c10-4-6-2-9-3(8-4)5-1-7-9/h1-2H,(H,5,7,8,10). The van der Waals surface area contributed by atoms with Crippen molar-refractivity contribution in [3.8, 4) is 0 Å². The van der Waals surface area contributed by atoms with Crippen molar-refractivity contribution in [3.05, 3.63) is 17.4 Å². The molecule has 5 nitrogen and oxygen atoms in total. The Balaban J connectivity index is 2.99. The monoisotopic (exact) mass is 153 g/mol. The van der Waals surface area contributed by atoms with Gasteiger partial charge in [-0.3, -0.25) is 5.10 Å². The molecule has 0 fully saturated rings. The zero-order valence-electron chi connectivity index (χ0n) is 4.85. The van der Waals surface area contributed by atoms with Crippen LogP contribution in [0.25, 0.3) is 5.78 Å². The molecular weight excluding hydrogens is 150 g/mol. The fourth-order valence-electron chi connectivity index (χ4n) is 0.658. The number of hydrogen-bond acceptors (Lipinski definition) is 4. The van der Waals surface area contributed by atoms with Gasteiger partial charge in [0, 0.05) is 0 Å². The molecular formula is C4H3N5S. The van der Waals surface area contributed by atoms with Gasteiger partial charge >= 0.3 is 0 Å². The SMILES string of the molecule is S=c1ncn2[nH]cnc2n1. The van der Waals surface area contributed by atoms with E-state index in [1.807, 2.05) is 0 Å². The molecule has 0 aliphatic heterocycles. The third-order valence-corrected chi connectivity index (χ3v) is 1.27. The largest absolute Gasteiger partial charge is 0.279 e. The lowest BCUT2D eigenvalue weighted by molar-refractivity contribution is 0.883. The maximum absolute atomic E-state index is 4.72. The van der Waals surface area contributed by atoms with E-state index in [0.29, 0.717) is 10.5 Å². The first-order valence-electron chi connectivity index (χ1n) is 2.61. The second-order valence-corrected chi connectivity index (χ2v) is 2.06. The molecule has 50 valence electrons. The van der Waals surface area contributed by atoms with Gasteiger partial charge in [-0.2, -0.15) is 4.98 Å². The molecule has 1 N–H and O–H groups in total. The van der Waals surface area contributed by atoms with Crippen molar-refractivity contribution in [1.29, 1.82) is 0 Å². The van der Waals surface area contributed by atoms with Crippen molar-refractivity contribution in [2.75, 3.05) is 0 Å². The van der Waals surface area contributed by atoms with Gasteiger partial charge < -0.3 is 0 Å². The molecule has 0 aliphatic rings. The van der Waals surface area contributed by atoms with E-state index in [9.17, 15) is 0 Å². The van der Waals surface area contributed by atoms with Crippen LogP contribution >= 0.6 is 12.2 Å².